The van der Waals surface area contributed by atoms with Crippen LogP contribution in [0.15, 0.2) is 0 Å². The minimum absolute atomic E-state index is 0.433. The number of rotatable bonds is 9. The van der Waals surface area contributed by atoms with Crippen molar-refractivity contribution in [3.63, 3.8) is 0 Å². The van der Waals surface area contributed by atoms with Crippen LogP contribution in [0, 0.1) is 35.0 Å². The van der Waals surface area contributed by atoms with Gasteiger partial charge in [0.15, 0.2) is 23.3 Å². The van der Waals surface area contributed by atoms with E-state index in [9.17, 15) is 22.0 Å². The molecule has 0 spiro atoms. The molecule has 0 amide bonds. The van der Waals surface area contributed by atoms with Crippen LogP contribution in [0.2, 0.25) is 0 Å². The normalized spacial score (nSPS) is 14.1. The largest absolute Gasteiger partial charge is 0.203 e. The van der Waals surface area contributed by atoms with Gasteiger partial charge in [-0.1, -0.05) is 54.4 Å². The highest BCUT2D eigenvalue weighted by atomic mass is 31.1. The van der Waals surface area contributed by atoms with E-state index in [4.69, 9.17) is 0 Å². The highest BCUT2D eigenvalue weighted by molar-refractivity contribution is 7.65. The first-order valence-corrected chi connectivity index (χ1v) is 9.86. The van der Waals surface area contributed by atoms with Crippen LogP contribution in [0.1, 0.15) is 52.9 Å². The Labute approximate surface area is 136 Å². The molecule has 0 saturated heterocycles. The fourth-order valence-electron chi connectivity index (χ4n) is 2.78. The van der Waals surface area contributed by atoms with Crippen molar-refractivity contribution in [2.45, 2.75) is 52.9 Å². The lowest BCUT2D eigenvalue weighted by molar-refractivity contribution is 0.384. The van der Waals surface area contributed by atoms with Crippen LogP contribution in [0.4, 0.5) is 22.0 Å². The van der Waals surface area contributed by atoms with Crippen LogP contribution in [-0.2, 0) is 0 Å². The zero-order valence-electron chi connectivity index (χ0n) is 13.9. The average molecular weight is 354 g/mol. The third kappa shape index (κ3) is 4.89. The van der Waals surface area contributed by atoms with Gasteiger partial charge in [0.05, 0.1) is 5.30 Å². The average Bonchev–Trinajstić information content (AvgIpc) is 2.54. The topological polar surface area (TPSA) is 0 Å². The zero-order chi connectivity index (χ0) is 17.6. The number of benzene rings is 1. The van der Waals surface area contributed by atoms with Crippen molar-refractivity contribution in [3.8, 4) is 0 Å². The lowest BCUT2D eigenvalue weighted by Gasteiger charge is -2.22. The molecule has 1 rings (SSSR count). The van der Waals surface area contributed by atoms with Gasteiger partial charge in [-0.25, -0.2) is 22.0 Å². The first-order chi connectivity index (χ1) is 10.9. The van der Waals surface area contributed by atoms with Crippen LogP contribution >= 0.6 is 7.92 Å². The molecule has 0 heterocycles. The van der Waals surface area contributed by atoms with Crippen molar-refractivity contribution in [3.05, 3.63) is 29.1 Å². The molecule has 1 aromatic carbocycles. The number of halogens is 5. The maximum atomic E-state index is 14.0. The molecular weight excluding hydrogens is 330 g/mol. The van der Waals surface area contributed by atoms with E-state index in [0.717, 1.165) is 25.7 Å². The molecule has 0 aliphatic heterocycles. The summed E-state index contributed by atoms with van der Waals surface area (Å²) in [5.74, 6) is -8.60. The standard InChI is InChI=1S/C17H24F5P/c1-4-7-11(6-3)8-10-23(9-5-2)17-15(21)13(19)12(18)14(20)16(17)22/h11H,4-10H2,1-3H3. The lowest BCUT2D eigenvalue weighted by Crippen LogP contribution is -2.22. The molecule has 0 aliphatic rings. The van der Waals surface area contributed by atoms with Gasteiger partial charge in [0.25, 0.3) is 0 Å². The van der Waals surface area contributed by atoms with Crippen molar-refractivity contribution in [2.24, 2.45) is 5.92 Å². The summed E-state index contributed by atoms with van der Waals surface area (Å²) in [6.07, 6.45) is 5.37. The highest BCUT2D eigenvalue weighted by Gasteiger charge is 2.30. The Kier molecular flexibility index (Phi) is 8.46. The molecule has 0 aromatic heterocycles. The Morgan fingerprint density at radius 3 is 1.65 bits per heavy atom. The summed E-state index contributed by atoms with van der Waals surface area (Å²) in [7, 11) is -1.39. The van der Waals surface area contributed by atoms with Gasteiger partial charge >= 0.3 is 0 Å². The molecular formula is C17H24F5P. The molecule has 0 saturated carbocycles. The fraction of sp³-hybridized carbons (Fsp3) is 0.647. The van der Waals surface area contributed by atoms with Gasteiger partial charge < -0.3 is 0 Å². The van der Waals surface area contributed by atoms with Crippen molar-refractivity contribution in [1.29, 1.82) is 0 Å². The Balaban J connectivity index is 3.11. The van der Waals surface area contributed by atoms with Crippen LogP contribution in [-0.4, -0.2) is 12.3 Å². The molecule has 0 radical (unpaired) electrons. The molecule has 0 nitrogen and oxygen atoms in total. The third-order valence-corrected chi connectivity index (χ3v) is 6.89. The Morgan fingerprint density at radius 2 is 1.22 bits per heavy atom. The van der Waals surface area contributed by atoms with Crippen LogP contribution in [0.5, 0.6) is 0 Å². The second kappa shape index (κ2) is 9.56. The number of hydrogen-bond donors (Lipinski definition) is 0. The Bertz CT molecular complexity index is 489. The van der Waals surface area contributed by atoms with Crippen molar-refractivity contribution in [1.82, 2.24) is 0 Å². The second-order valence-corrected chi connectivity index (χ2v) is 8.18. The fourth-order valence-corrected chi connectivity index (χ4v) is 5.41. The van der Waals surface area contributed by atoms with Gasteiger partial charge in [0, 0.05) is 0 Å². The molecule has 6 heteroatoms. The minimum atomic E-state index is -2.08. The number of hydrogen-bond acceptors (Lipinski definition) is 0. The van der Waals surface area contributed by atoms with Gasteiger partial charge in [0.1, 0.15) is 0 Å². The van der Waals surface area contributed by atoms with Crippen molar-refractivity contribution in [2.75, 3.05) is 12.3 Å². The molecule has 0 aliphatic carbocycles. The van der Waals surface area contributed by atoms with E-state index in [1.807, 2.05) is 6.92 Å². The van der Waals surface area contributed by atoms with Crippen LogP contribution in [0.25, 0.3) is 0 Å². The minimum Gasteiger partial charge on any atom is -0.203 e. The van der Waals surface area contributed by atoms with Crippen molar-refractivity contribution < 1.29 is 22.0 Å². The Hall–Kier alpha value is -0.700. The highest BCUT2D eigenvalue weighted by Crippen LogP contribution is 2.40. The van der Waals surface area contributed by atoms with Gasteiger partial charge in [-0.05, 0) is 24.7 Å². The first kappa shape index (κ1) is 20.3. The Morgan fingerprint density at radius 1 is 0.696 bits per heavy atom. The summed E-state index contributed by atoms with van der Waals surface area (Å²) in [6, 6.07) is 0. The van der Waals surface area contributed by atoms with E-state index in [1.54, 1.807) is 0 Å². The maximum Gasteiger partial charge on any atom is 0.200 e. The van der Waals surface area contributed by atoms with Crippen LogP contribution in [0.3, 0.4) is 0 Å². The maximum absolute atomic E-state index is 14.0. The second-order valence-electron chi connectivity index (χ2n) is 5.76. The first-order valence-electron chi connectivity index (χ1n) is 8.15. The summed E-state index contributed by atoms with van der Waals surface area (Å²) in [4.78, 5) is 0. The molecule has 0 fully saturated rings. The smallest absolute Gasteiger partial charge is 0.200 e. The lowest BCUT2D eigenvalue weighted by atomic mass is 9.98. The molecule has 1 aromatic rings. The van der Waals surface area contributed by atoms with E-state index in [-0.39, 0.29) is 0 Å². The van der Waals surface area contributed by atoms with E-state index in [0.29, 0.717) is 24.7 Å². The summed E-state index contributed by atoms with van der Waals surface area (Å²) in [5, 5.41) is -0.579. The molecule has 0 N–H and O–H groups in total. The van der Waals surface area contributed by atoms with Crippen LogP contribution < -0.4 is 5.30 Å². The van der Waals surface area contributed by atoms with E-state index < -0.39 is 42.3 Å². The van der Waals surface area contributed by atoms with E-state index >= 15 is 0 Å². The van der Waals surface area contributed by atoms with Gasteiger partial charge in [-0.2, -0.15) is 0 Å². The summed E-state index contributed by atoms with van der Waals surface area (Å²) in [6.45, 7) is 5.98. The summed E-state index contributed by atoms with van der Waals surface area (Å²) in [5.41, 5.74) is 0. The quantitative estimate of drug-likeness (QED) is 0.217. The van der Waals surface area contributed by atoms with E-state index in [1.165, 1.54) is 0 Å². The molecule has 2 unspecified atom stereocenters. The monoisotopic (exact) mass is 354 g/mol. The van der Waals surface area contributed by atoms with Gasteiger partial charge in [0.2, 0.25) is 5.82 Å². The van der Waals surface area contributed by atoms with Crippen molar-refractivity contribution >= 4 is 13.2 Å². The summed E-state index contributed by atoms with van der Waals surface area (Å²) < 4.78 is 68.1. The molecule has 2 atom stereocenters. The van der Waals surface area contributed by atoms with Gasteiger partial charge in [-0.15, -0.1) is 0 Å². The molecule has 0 bridgehead atoms. The zero-order valence-corrected chi connectivity index (χ0v) is 14.8. The molecule has 132 valence electrons. The van der Waals surface area contributed by atoms with Gasteiger partial charge in [-0.3, -0.25) is 0 Å². The predicted molar refractivity (Wildman–Crippen MR) is 86.1 cm³/mol. The molecule has 23 heavy (non-hydrogen) atoms. The van der Waals surface area contributed by atoms with E-state index in [2.05, 4.69) is 13.8 Å². The predicted octanol–water partition coefficient (Wildman–Crippen LogP) is 6.12. The summed E-state index contributed by atoms with van der Waals surface area (Å²) >= 11 is 0. The SMILES string of the molecule is CCCC(CC)CCP(CCC)c1c(F)c(F)c(F)c(F)c1F. The third-order valence-electron chi connectivity index (χ3n) is 4.08.